The van der Waals surface area contributed by atoms with Crippen molar-refractivity contribution in [1.29, 1.82) is 0 Å². The summed E-state index contributed by atoms with van der Waals surface area (Å²) in [5, 5.41) is 8.93. The lowest BCUT2D eigenvalue weighted by molar-refractivity contribution is -0.133. The van der Waals surface area contributed by atoms with Gasteiger partial charge >= 0.3 is 5.97 Å². The van der Waals surface area contributed by atoms with Crippen LogP contribution in [0.1, 0.15) is 26.7 Å². The van der Waals surface area contributed by atoms with E-state index in [-0.39, 0.29) is 5.92 Å². The maximum Gasteiger partial charge on any atom is 0.331 e. The summed E-state index contributed by atoms with van der Waals surface area (Å²) in [4.78, 5) is 10.9. The van der Waals surface area contributed by atoms with Gasteiger partial charge in [0.2, 0.25) is 0 Å². The van der Waals surface area contributed by atoms with Crippen molar-refractivity contribution >= 4 is 5.97 Å². The van der Waals surface area contributed by atoms with Crippen LogP contribution in [0.2, 0.25) is 0 Å². The molecule has 1 aliphatic rings. The lowest BCUT2D eigenvalue weighted by Gasteiger charge is -2.23. The van der Waals surface area contributed by atoms with Crippen molar-refractivity contribution in [2.75, 3.05) is 0 Å². The molecule has 0 aromatic carbocycles. The van der Waals surface area contributed by atoms with Gasteiger partial charge in [0.1, 0.15) is 0 Å². The number of carboxylic acids is 1. The van der Waals surface area contributed by atoms with E-state index in [1.807, 2.05) is 6.92 Å². The Morgan fingerprint density at radius 1 is 1.36 bits per heavy atom. The van der Waals surface area contributed by atoms with E-state index in [9.17, 15) is 4.79 Å². The molecule has 3 atom stereocenters. The minimum atomic E-state index is -0.866. The van der Waals surface area contributed by atoms with Crippen molar-refractivity contribution in [2.45, 2.75) is 26.7 Å². The molecular formula is C12H18O2. The first-order chi connectivity index (χ1) is 6.45. The molecule has 2 nitrogen and oxygen atoms in total. The molecule has 0 aromatic heterocycles. The minimum absolute atomic E-state index is 0.0880. The van der Waals surface area contributed by atoms with Crippen LogP contribution in [0.25, 0.3) is 0 Å². The molecule has 0 heterocycles. The summed E-state index contributed by atoms with van der Waals surface area (Å²) in [6.07, 6.45) is 2.13. The smallest absolute Gasteiger partial charge is 0.331 e. The number of hydrogen-bond acceptors (Lipinski definition) is 1. The molecule has 0 bridgehead atoms. The van der Waals surface area contributed by atoms with E-state index >= 15 is 0 Å². The van der Waals surface area contributed by atoms with Gasteiger partial charge in [-0.3, -0.25) is 0 Å². The number of carboxylic acid groups (broad SMARTS) is 1. The second kappa shape index (κ2) is 3.99. The third-order valence-corrected chi connectivity index (χ3v) is 3.29. The average Bonchev–Trinajstić information content (AvgIpc) is 2.45. The summed E-state index contributed by atoms with van der Waals surface area (Å²) < 4.78 is 0. The van der Waals surface area contributed by atoms with Crippen LogP contribution in [-0.4, -0.2) is 11.1 Å². The zero-order valence-electron chi connectivity index (χ0n) is 8.92. The highest BCUT2D eigenvalue weighted by Crippen LogP contribution is 2.43. The maximum absolute atomic E-state index is 10.9. The molecule has 0 radical (unpaired) electrons. The second-order valence-electron chi connectivity index (χ2n) is 4.36. The largest absolute Gasteiger partial charge is 0.478 e. The molecule has 0 aliphatic heterocycles. The summed E-state index contributed by atoms with van der Waals surface area (Å²) in [5.41, 5.74) is 1.43. The Hall–Kier alpha value is -1.05. The number of hydrogen-bond donors (Lipinski definition) is 1. The first-order valence-corrected chi connectivity index (χ1v) is 5.02. The fraction of sp³-hybridized carbons (Fsp3) is 0.583. The van der Waals surface area contributed by atoms with Gasteiger partial charge < -0.3 is 5.11 Å². The highest BCUT2D eigenvalue weighted by Gasteiger charge is 2.37. The quantitative estimate of drug-likeness (QED) is 0.554. The fourth-order valence-electron chi connectivity index (χ4n) is 2.48. The fourth-order valence-corrected chi connectivity index (χ4v) is 2.48. The van der Waals surface area contributed by atoms with E-state index < -0.39 is 5.97 Å². The normalized spacial score (nSPS) is 31.4. The molecule has 1 rings (SSSR count). The van der Waals surface area contributed by atoms with Crippen LogP contribution in [0.3, 0.4) is 0 Å². The number of aliphatic carboxylic acids is 1. The van der Waals surface area contributed by atoms with Crippen molar-refractivity contribution in [3.05, 3.63) is 24.3 Å². The van der Waals surface area contributed by atoms with Gasteiger partial charge in [0.25, 0.3) is 0 Å². The van der Waals surface area contributed by atoms with Crippen LogP contribution >= 0.6 is 0 Å². The Morgan fingerprint density at radius 3 is 2.36 bits per heavy atom. The predicted molar refractivity (Wildman–Crippen MR) is 57.0 cm³/mol. The molecule has 0 spiro atoms. The summed E-state index contributed by atoms with van der Waals surface area (Å²) in [6, 6.07) is 0. The Morgan fingerprint density at radius 2 is 1.93 bits per heavy atom. The predicted octanol–water partition coefficient (Wildman–Crippen LogP) is 2.87. The topological polar surface area (TPSA) is 37.3 Å². The number of rotatable bonds is 3. The molecule has 2 heteroatoms. The van der Waals surface area contributed by atoms with Crippen LogP contribution in [0.4, 0.5) is 0 Å². The van der Waals surface area contributed by atoms with Gasteiger partial charge in [0.15, 0.2) is 0 Å². The highest BCUT2D eigenvalue weighted by atomic mass is 16.4. The van der Waals surface area contributed by atoms with E-state index in [1.165, 1.54) is 0 Å². The van der Waals surface area contributed by atoms with Gasteiger partial charge in [-0.2, -0.15) is 0 Å². The van der Waals surface area contributed by atoms with Gasteiger partial charge in [-0.1, -0.05) is 25.7 Å². The Bertz CT molecular complexity index is 278. The molecule has 14 heavy (non-hydrogen) atoms. The lowest BCUT2D eigenvalue weighted by atomic mass is 9.81. The van der Waals surface area contributed by atoms with Gasteiger partial charge in [-0.25, -0.2) is 4.79 Å². The molecule has 1 fully saturated rings. The van der Waals surface area contributed by atoms with Crippen LogP contribution in [0, 0.1) is 17.8 Å². The van der Waals surface area contributed by atoms with Crippen molar-refractivity contribution < 1.29 is 9.90 Å². The van der Waals surface area contributed by atoms with Crippen LogP contribution in [-0.2, 0) is 4.79 Å². The van der Waals surface area contributed by atoms with Gasteiger partial charge in [-0.05, 0) is 37.5 Å². The summed E-state index contributed by atoms with van der Waals surface area (Å²) in [6.45, 7) is 11.7. The second-order valence-corrected chi connectivity index (χ2v) is 4.36. The monoisotopic (exact) mass is 194 g/mol. The molecule has 0 unspecified atom stereocenters. The third kappa shape index (κ3) is 1.89. The van der Waals surface area contributed by atoms with Crippen LogP contribution < -0.4 is 0 Å². The molecule has 1 aliphatic carbocycles. The molecule has 78 valence electrons. The van der Waals surface area contributed by atoms with Crippen LogP contribution in [0.15, 0.2) is 24.3 Å². The third-order valence-electron chi connectivity index (χ3n) is 3.29. The van der Waals surface area contributed by atoms with Gasteiger partial charge in [0, 0.05) is 5.57 Å². The Kier molecular flexibility index (Phi) is 3.14. The first kappa shape index (κ1) is 11.0. The molecule has 1 saturated carbocycles. The molecular weight excluding hydrogens is 176 g/mol. The SMILES string of the molecule is C=C(C(=O)O)[C@H]1[C@H](C)CC[C@@H]1C(=C)C. The molecule has 1 N–H and O–H groups in total. The maximum atomic E-state index is 10.9. The number of carbonyl (C=O) groups is 1. The standard InChI is InChI=1S/C12H18O2/c1-7(2)10-6-5-8(3)11(10)9(4)12(13)14/h8,10-11H,1,4-6H2,2-3H3,(H,13,14)/t8-,10-,11-/m1/s1. The van der Waals surface area contributed by atoms with E-state index in [0.717, 1.165) is 18.4 Å². The molecule has 0 amide bonds. The summed E-state index contributed by atoms with van der Waals surface area (Å²) in [7, 11) is 0. The van der Waals surface area contributed by atoms with Gasteiger partial charge in [0.05, 0.1) is 0 Å². The van der Waals surface area contributed by atoms with Crippen molar-refractivity contribution in [3.63, 3.8) is 0 Å². The lowest BCUT2D eigenvalue weighted by Crippen LogP contribution is -2.20. The van der Waals surface area contributed by atoms with Crippen molar-refractivity contribution in [1.82, 2.24) is 0 Å². The Labute approximate surface area is 85.3 Å². The van der Waals surface area contributed by atoms with E-state index in [2.05, 4.69) is 20.1 Å². The summed E-state index contributed by atoms with van der Waals surface area (Å²) >= 11 is 0. The van der Waals surface area contributed by atoms with Crippen molar-refractivity contribution in [3.8, 4) is 0 Å². The average molecular weight is 194 g/mol. The van der Waals surface area contributed by atoms with Crippen molar-refractivity contribution in [2.24, 2.45) is 17.8 Å². The minimum Gasteiger partial charge on any atom is -0.478 e. The van der Waals surface area contributed by atoms with E-state index in [1.54, 1.807) is 0 Å². The zero-order chi connectivity index (χ0) is 10.9. The first-order valence-electron chi connectivity index (χ1n) is 5.02. The van der Waals surface area contributed by atoms with E-state index in [4.69, 9.17) is 5.11 Å². The van der Waals surface area contributed by atoms with Gasteiger partial charge in [-0.15, -0.1) is 0 Å². The Balaban J connectivity index is 2.87. The van der Waals surface area contributed by atoms with E-state index in [0.29, 0.717) is 17.4 Å². The zero-order valence-corrected chi connectivity index (χ0v) is 8.92. The highest BCUT2D eigenvalue weighted by molar-refractivity contribution is 5.86. The van der Waals surface area contributed by atoms with Crippen LogP contribution in [0.5, 0.6) is 0 Å². The molecule has 0 saturated heterocycles. The number of allylic oxidation sites excluding steroid dienone is 1. The summed E-state index contributed by atoms with van der Waals surface area (Å²) in [5.74, 6) is -0.0473. The molecule has 0 aromatic rings.